The number of halogens is 3. The Morgan fingerprint density at radius 1 is 1.30 bits per heavy atom. The minimum Gasteiger partial charge on any atom is -0.451 e. The Bertz CT molecular complexity index is 674. The molecule has 4 rings (SSSR count). The molecule has 9 heteroatoms. The van der Waals surface area contributed by atoms with Gasteiger partial charge >= 0.3 is 12.1 Å². The monoisotopic (exact) mass is 354 g/mol. The lowest BCUT2D eigenvalue weighted by atomic mass is 9.58. The minimum absolute atomic E-state index is 0.198. The average molecular weight is 354 g/mol. The van der Waals surface area contributed by atoms with Crippen LogP contribution in [0.4, 0.5) is 13.2 Å². The molecule has 6 unspecified atom stereocenters. The van der Waals surface area contributed by atoms with E-state index >= 15 is 0 Å². The third-order valence-corrected chi connectivity index (χ3v) is 7.30. The Morgan fingerprint density at radius 3 is 2.61 bits per heavy atom. The minimum atomic E-state index is -5.03. The van der Waals surface area contributed by atoms with E-state index < -0.39 is 39.5 Å². The fourth-order valence-electron chi connectivity index (χ4n) is 5.77. The molecule has 1 N–H and O–H groups in total. The van der Waals surface area contributed by atoms with Crippen molar-refractivity contribution in [1.29, 1.82) is 0 Å². The van der Waals surface area contributed by atoms with Gasteiger partial charge in [0.15, 0.2) is 0 Å². The van der Waals surface area contributed by atoms with Gasteiger partial charge in [-0.25, -0.2) is 0 Å². The number of carbonyl (C=O) groups excluding carboxylic acids is 1. The maximum atomic E-state index is 12.9. The van der Waals surface area contributed by atoms with E-state index in [4.69, 9.17) is 4.55 Å². The van der Waals surface area contributed by atoms with Gasteiger partial charge in [-0.15, -0.1) is 0 Å². The van der Waals surface area contributed by atoms with Crippen LogP contribution in [0.5, 0.6) is 0 Å². The Hall–Kier alpha value is -0.830. The second-order valence-electron chi connectivity index (χ2n) is 7.71. The smallest absolute Gasteiger partial charge is 0.426 e. The predicted octanol–water partition coefficient (Wildman–Crippen LogP) is 2.17. The molecule has 0 amide bonds. The summed E-state index contributed by atoms with van der Waals surface area (Å²) >= 11 is 0. The lowest BCUT2D eigenvalue weighted by Crippen LogP contribution is -2.46. The second-order valence-corrected chi connectivity index (χ2v) is 9.21. The summed E-state index contributed by atoms with van der Waals surface area (Å²) < 4.78 is 73.6. The second kappa shape index (κ2) is 4.22. The van der Waals surface area contributed by atoms with Crippen LogP contribution < -0.4 is 0 Å². The molecule has 0 aromatic carbocycles. The Kier molecular flexibility index (Phi) is 2.88. The van der Waals surface area contributed by atoms with Crippen molar-refractivity contribution in [2.45, 2.75) is 44.4 Å². The largest absolute Gasteiger partial charge is 0.451 e. The zero-order valence-corrected chi connectivity index (χ0v) is 13.0. The van der Waals surface area contributed by atoms with Crippen molar-refractivity contribution in [2.75, 3.05) is 5.75 Å². The van der Waals surface area contributed by atoms with Crippen molar-refractivity contribution in [3.8, 4) is 0 Å². The van der Waals surface area contributed by atoms with Crippen LogP contribution in [0, 0.1) is 28.6 Å². The fourth-order valence-corrected chi connectivity index (χ4v) is 6.41. The van der Waals surface area contributed by atoms with Crippen LogP contribution >= 0.6 is 0 Å². The third kappa shape index (κ3) is 2.08. The molecular formula is C14H17F3O5S. The molecule has 0 heterocycles. The Morgan fingerprint density at radius 2 is 2.00 bits per heavy atom. The third-order valence-electron chi connectivity index (χ3n) is 6.58. The lowest BCUT2D eigenvalue weighted by Gasteiger charge is -2.46. The van der Waals surface area contributed by atoms with Gasteiger partial charge in [0.05, 0.1) is 5.41 Å². The lowest BCUT2D eigenvalue weighted by molar-refractivity contribution is -0.220. The first-order chi connectivity index (χ1) is 10.5. The van der Waals surface area contributed by atoms with Crippen molar-refractivity contribution in [3.63, 3.8) is 0 Å². The van der Waals surface area contributed by atoms with E-state index in [0.29, 0.717) is 30.6 Å². The predicted molar refractivity (Wildman–Crippen MR) is 70.8 cm³/mol. The molecule has 2 bridgehead atoms. The average Bonchev–Trinajstić information content (AvgIpc) is 2.97. The van der Waals surface area contributed by atoms with E-state index in [1.54, 1.807) is 0 Å². The van der Waals surface area contributed by atoms with Gasteiger partial charge < -0.3 is 4.74 Å². The Balaban J connectivity index is 1.54. The first-order valence-electron chi connectivity index (χ1n) is 7.70. The van der Waals surface area contributed by atoms with Gasteiger partial charge in [-0.3, -0.25) is 9.35 Å². The van der Waals surface area contributed by atoms with Crippen molar-refractivity contribution in [3.05, 3.63) is 0 Å². The number of ether oxygens (including phenoxy) is 1. The number of fused-ring (bicyclic) bond motifs is 1. The van der Waals surface area contributed by atoms with Gasteiger partial charge in [0, 0.05) is 0 Å². The summed E-state index contributed by atoms with van der Waals surface area (Å²) in [6.45, 7) is 0. The highest BCUT2D eigenvalue weighted by atomic mass is 32.2. The summed E-state index contributed by atoms with van der Waals surface area (Å²) in [6, 6.07) is 0. The standard InChI is InChI=1S/C14H17F3O5S/c15-14(16,17)10(5-23(19,20)21)22-11(18)13-3-7-1-8-4-12(13,6-13)9(8)2-7/h7-10H,1-6H2,(H,19,20,21). The van der Waals surface area contributed by atoms with E-state index in [-0.39, 0.29) is 5.41 Å². The maximum Gasteiger partial charge on any atom is 0.426 e. The van der Waals surface area contributed by atoms with E-state index in [0.717, 1.165) is 19.3 Å². The molecule has 6 atom stereocenters. The molecule has 1 spiro atoms. The molecule has 0 aliphatic heterocycles. The molecule has 4 aliphatic carbocycles. The molecule has 4 saturated carbocycles. The van der Waals surface area contributed by atoms with Gasteiger partial charge in [-0.05, 0) is 55.3 Å². The first-order valence-corrected chi connectivity index (χ1v) is 9.31. The summed E-state index contributed by atoms with van der Waals surface area (Å²) in [5.74, 6) is -1.21. The molecule has 23 heavy (non-hydrogen) atoms. The number of esters is 1. The molecule has 5 nitrogen and oxygen atoms in total. The summed E-state index contributed by atoms with van der Waals surface area (Å²) in [5, 5.41) is 0. The summed E-state index contributed by atoms with van der Waals surface area (Å²) in [6.07, 6.45) is -3.77. The number of rotatable bonds is 4. The highest BCUT2D eigenvalue weighted by Crippen LogP contribution is 2.87. The number of hydrogen-bond acceptors (Lipinski definition) is 4. The molecule has 4 fully saturated rings. The normalized spacial score (nSPS) is 45.0. The van der Waals surface area contributed by atoms with E-state index in [2.05, 4.69) is 4.74 Å². The van der Waals surface area contributed by atoms with Crippen LogP contribution in [0.15, 0.2) is 0 Å². The van der Waals surface area contributed by atoms with Crippen molar-refractivity contribution >= 4 is 16.1 Å². The van der Waals surface area contributed by atoms with Crippen LogP contribution in [-0.4, -0.2) is 37.0 Å². The molecule has 0 radical (unpaired) electrons. The molecule has 4 aliphatic rings. The van der Waals surface area contributed by atoms with Gasteiger partial charge in [0.1, 0.15) is 5.75 Å². The summed E-state index contributed by atoms with van der Waals surface area (Å²) in [5.41, 5.74) is -1.05. The number of alkyl halides is 3. The quantitative estimate of drug-likeness (QED) is 0.618. The van der Waals surface area contributed by atoms with Gasteiger partial charge in [-0.2, -0.15) is 21.6 Å². The fraction of sp³-hybridized carbons (Fsp3) is 0.929. The van der Waals surface area contributed by atoms with Crippen LogP contribution in [0.2, 0.25) is 0 Å². The van der Waals surface area contributed by atoms with Crippen molar-refractivity contribution in [2.24, 2.45) is 28.6 Å². The van der Waals surface area contributed by atoms with E-state index in [9.17, 15) is 26.4 Å². The molecule has 130 valence electrons. The van der Waals surface area contributed by atoms with Crippen molar-refractivity contribution in [1.82, 2.24) is 0 Å². The highest BCUT2D eigenvalue weighted by molar-refractivity contribution is 7.85. The molecular weight excluding hydrogens is 337 g/mol. The topological polar surface area (TPSA) is 80.7 Å². The van der Waals surface area contributed by atoms with Crippen LogP contribution in [0.1, 0.15) is 32.1 Å². The number of carbonyl (C=O) groups is 1. The first kappa shape index (κ1) is 15.7. The SMILES string of the molecule is O=C(OC(CS(=O)(=O)O)C(F)(F)F)C12CC3CC4CC1(C2)C4C3. The van der Waals surface area contributed by atoms with Crippen LogP contribution in [-0.2, 0) is 19.6 Å². The van der Waals surface area contributed by atoms with Crippen LogP contribution in [0.3, 0.4) is 0 Å². The molecule has 0 aromatic rings. The number of hydrogen-bond donors (Lipinski definition) is 1. The molecule has 0 saturated heterocycles. The molecule has 0 aromatic heterocycles. The van der Waals surface area contributed by atoms with Gasteiger partial charge in [-0.1, -0.05) is 0 Å². The van der Waals surface area contributed by atoms with Crippen molar-refractivity contribution < 1.29 is 35.7 Å². The Labute approximate surface area is 131 Å². The van der Waals surface area contributed by atoms with E-state index in [1.807, 2.05) is 0 Å². The highest BCUT2D eigenvalue weighted by Gasteiger charge is 2.84. The van der Waals surface area contributed by atoms with Crippen LogP contribution in [0.25, 0.3) is 0 Å². The van der Waals surface area contributed by atoms with Gasteiger partial charge in [0.25, 0.3) is 10.1 Å². The maximum absolute atomic E-state index is 12.9. The van der Waals surface area contributed by atoms with E-state index in [1.165, 1.54) is 0 Å². The zero-order valence-electron chi connectivity index (χ0n) is 12.2. The summed E-state index contributed by atoms with van der Waals surface area (Å²) in [7, 11) is -4.90. The zero-order chi connectivity index (χ0) is 16.8. The van der Waals surface area contributed by atoms with Gasteiger partial charge in [0.2, 0.25) is 6.10 Å². The summed E-state index contributed by atoms with van der Waals surface area (Å²) in [4.78, 5) is 12.5.